The molecule has 2 N–H and O–H groups in total. The van der Waals surface area contributed by atoms with Gasteiger partial charge < -0.3 is 5.73 Å². The topological polar surface area (TPSA) is 56.7 Å². The third-order valence-corrected chi connectivity index (χ3v) is 3.30. The number of para-hydroxylation sites is 1. The molecule has 1 aliphatic carbocycles. The van der Waals surface area contributed by atoms with Crippen molar-refractivity contribution in [2.75, 3.05) is 6.54 Å². The molecule has 4 heteroatoms. The maximum absolute atomic E-state index is 5.77. The molecule has 16 heavy (non-hydrogen) atoms. The summed E-state index contributed by atoms with van der Waals surface area (Å²) in [6.07, 6.45) is 4.27. The van der Waals surface area contributed by atoms with Crippen LogP contribution in [-0.2, 0) is 5.41 Å². The van der Waals surface area contributed by atoms with E-state index in [2.05, 4.69) is 10.3 Å². The van der Waals surface area contributed by atoms with Gasteiger partial charge in [-0.2, -0.15) is 0 Å². The maximum atomic E-state index is 5.77. The number of hydrogen-bond donors (Lipinski definition) is 1. The molecule has 0 amide bonds. The highest BCUT2D eigenvalue weighted by Crippen LogP contribution is 2.46. The van der Waals surface area contributed by atoms with Gasteiger partial charge in [-0.05, 0) is 25.0 Å². The van der Waals surface area contributed by atoms with E-state index in [1.54, 1.807) is 0 Å². The fourth-order valence-electron chi connectivity index (χ4n) is 1.93. The van der Waals surface area contributed by atoms with E-state index in [0.29, 0.717) is 6.54 Å². The molecule has 1 aromatic carbocycles. The minimum Gasteiger partial charge on any atom is -0.330 e. The quantitative estimate of drug-likeness (QED) is 0.836. The fraction of sp³-hybridized carbons (Fsp3) is 0.333. The summed E-state index contributed by atoms with van der Waals surface area (Å²) in [5.74, 6) is 0. The first-order chi connectivity index (χ1) is 7.84. The summed E-state index contributed by atoms with van der Waals surface area (Å²) in [6.45, 7) is 0.667. The van der Waals surface area contributed by atoms with Crippen molar-refractivity contribution >= 4 is 0 Å². The maximum Gasteiger partial charge on any atom is 0.0906 e. The van der Waals surface area contributed by atoms with Crippen LogP contribution in [0.5, 0.6) is 0 Å². The molecule has 0 unspecified atom stereocenters. The first-order valence-corrected chi connectivity index (χ1v) is 5.52. The molecule has 1 fully saturated rings. The number of aromatic nitrogens is 3. The molecule has 0 aliphatic heterocycles. The van der Waals surface area contributed by atoms with Crippen molar-refractivity contribution in [3.05, 3.63) is 42.2 Å². The Morgan fingerprint density at radius 2 is 2.00 bits per heavy atom. The van der Waals surface area contributed by atoms with E-state index in [4.69, 9.17) is 5.73 Å². The van der Waals surface area contributed by atoms with Crippen LogP contribution in [0, 0.1) is 0 Å². The normalized spacial score (nSPS) is 17.3. The number of hydrogen-bond acceptors (Lipinski definition) is 3. The Morgan fingerprint density at radius 3 is 2.62 bits per heavy atom. The molecular weight excluding hydrogens is 200 g/mol. The van der Waals surface area contributed by atoms with Crippen LogP contribution in [-0.4, -0.2) is 21.5 Å². The minimum atomic E-state index is 0.118. The number of nitrogens with zero attached hydrogens (tertiary/aromatic N) is 3. The fourth-order valence-corrected chi connectivity index (χ4v) is 1.93. The highest BCUT2D eigenvalue weighted by atomic mass is 15.4. The molecule has 3 rings (SSSR count). The zero-order chi connectivity index (χ0) is 11.0. The van der Waals surface area contributed by atoms with Gasteiger partial charge in [-0.3, -0.25) is 0 Å². The second-order valence-electron chi connectivity index (χ2n) is 4.37. The Balaban J connectivity index is 1.94. The van der Waals surface area contributed by atoms with Crippen molar-refractivity contribution in [3.8, 4) is 5.69 Å². The second-order valence-corrected chi connectivity index (χ2v) is 4.37. The summed E-state index contributed by atoms with van der Waals surface area (Å²) in [7, 11) is 0. The lowest BCUT2D eigenvalue weighted by molar-refractivity contribution is 0.672. The van der Waals surface area contributed by atoms with Gasteiger partial charge >= 0.3 is 0 Å². The molecule has 0 saturated heterocycles. The van der Waals surface area contributed by atoms with Crippen LogP contribution in [0.25, 0.3) is 5.69 Å². The Labute approximate surface area is 94.1 Å². The molecule has 0 atom stereocenters. The van der Waals surface area contributed by atoms with Gasteiger partial charge in [0, 0.05) is 12.0 Å². The lowest BCUT2D eigenvalue weighted by Crippen LogP contribution is -2.20. The van der Waals surface area contributed by atoms with Gasteiger partial charge in [0.15, 0.2) is 0 Å². The Bertz CT molecular complexity index is 485. The third-order valence-electron chi connectivity index (χ3n) is 3.30. The van der Waals surface area contributed by atoms with Crippen LogP contribution in [0.2, 0.25) is 0 Å². The number of rotatable bonds is 3. The average molecular weight is 214 g/mol. The van der Waals surface area contributed by atoms with E-state index in [1.807, 2.05) is 41.2 Å². The van der Waals surface area contributed by atoms with Crippen molar-refractivity contribution in [2.45, 2.75) is 18.3 Å². The lowest BCUT2D eigenvalue weighted by atomic mass is 10.0. The van der Waals surface area contributed by atoms with E-state index in [0.717, 1.165) is 24.2 Å². The molecule has 1 aliphatic rings. The number of nitrogens with two attached hydrogens (primary N) is 1. The van der Waals surface area contributed by atoms with E-state index in [1.165, 1.54) is 0 Å². The summed E-state index contributed by atoms with van der Waals surface area (Å²) in [4.78, 5) is 0. The molecule has 82 valence electrons. The van der Waals surface area contributed by atoms with Gasteiger partial charge in [-0.15, -0.1) is 5.10 Å². The second kappa shape index (κ2) is 3.42. The highest BCUT2D eigenvalue weighted by Gasteiger charge is 2.45. The smallest absolute Gasteiger partial charge is 0.0906 e. The van der Waals surface area contributed by atoms with Crippen LogP contribution < -0.4 is 5.73 Å². The molecule has 1 heterocycles. The van der Waals surface area contributed by atoms with Gasteiger partial charge in [-0.25, -0.2) is 4.68 Å². The molecule has 2 aromatic rings. The minimum absolute atomic E-state index is 0.118. The summed E-state index contributed by atoms with van der Waals surface area (Å²) in [5, 5.41) is 8.38. The van der Waals surface area contributed by atoms with Crippen LogP contribution in [0.3, 0.4) is 0 Å². The molecule has 0 radical (unpaired) electrons. The van der Waals surface area contributed by atoms with Gasteiger partial charge in [0.1, 0.15) is 0 Å². The van der Waals surface area contributed by atoms with Crippen molar-refractivity contribution < 1.29 is 0 Å². The first-order valence-electron chi connectivity index (χ1n) is 5.52. The summed E-state index contributed by atoms with van der Waals surface area (Å²) < 4.78 is 1.81. The van der Waals surface area contributed by atoms with Crippen molar-refractivity contribution in [1.82, 2.24) is 15.0 Å². The van der Waals surface area contributed by atoms with Crippen LogP contribution in [0.1, 0.15) is 18.5 Å². The predicted octanol–water partition coefficient (Wildman–Crippen LogP) is 1.26. The zero-order valence-corrected chi connectivity index (χ0v) is 9.00. The van der Waals surface area contributed by atoms with Gasteiger partial charge in [0.05, 0.1) is 17.6 Å². The molecule has 0 spiro atoms. The highest BCUT2D eigenvalue weighted by molar-refractivity contribution is 5.32. The van der Waals surface area contributed by atoms with Crippen LogP contribution >= 0.6 is 0 Å². The van der Waals surface area contributed by atoms with Crippen molar-refractivity contribution in [2.24, 2.45) is 5.73 Å². The zero-order valence-electron chi connectivity index (χ0n) is 9.00. The SMILES string of the molecule is NCC1(c2cn(-c3ccccc3)nn2)CC1. The molecular formula is C12H14N4. The van der Waals surface area contributed by atoms with Crippen molar-refractivity contribution in [3.63, 3.8) is 0 Å². The largest absolute Gasteiger partial charge is 0.330 e. The van der Waals surface area contributed by atoms with Crippen LogP contribution in [0.4, 0.5) is 0 Å². The summed E-state index contributed by atoms with van der Waals surface area (Å²) in [6, 6.07) is 10.0. The van der Waals surface area contributed by atoms with E-state index in [-0.39, 0.29) is 5.41 Å². The van der Waals surface area contributed by atoms with E-state index < -0.39 is 0 Å². The van der Waals surface area contributed by atoms with E-state index in [9.17, 15) is 0 Å². The third kappa shape index (κ3) is 1.42. The summed E-state index contributed by atoms with van der Waals surface area (Å²) >= 11 is 0. The van der Waals surface area contributed by atoms with Crippen LogP contribution in [0.15, 0.2) is 36.5 Å². The van der Waals surface area contributed by atoms with Gasteiger partial charge in [0.25, 0.3) is 0 Å². The van der Waals surface area contributed by atoms with E-state index >= 15 is 0 Å². The van der Waals surface area contributed by atoms with Gasteiger partial charge in [0.2, 0.25) is 0 Å². The molecule has 4 nitrogen and oxygen atoms in total. The Kier molecular flexibility index (Phi) is 2.04. The molecule has 0 bridgehead atoms. The Hall–Kier alpha value is -1.68. The molecule has 1 saturated carbocycles. The Morgan fingerprint density at radius 1 is 1.25 bits per heavy atom. The number of benzene rings is 1. The predicted molar refractivity (Wildman–Crippen MR) is 61.3 cm³/mol. The first kappa shape index (κ1) is 9.54. The molecule has 1 aromatic heterocycles. The monoisotopic (exact) mass is 214 g/mol. The van der Waals surface area contributed by atoms with Gasteiger partial charge in [-0.1, -0.05) is 23.4 Å². The lowest BCUT2D eigenvalue weighted by Gasteiger charge is -2.05. The van der Waals surface area contributed by atoms with Crippen molar-refractivity contribution in [1.29, 1.82) is 0 Å². The standard InChI is InChI=1S/C12H14N4/c13-9-12(6-7-12)11-8-16(15-14-11)10-4-2-1-3-5-10/h1-5,8H,6-7,9,13H2. The summed E-state index contributed by atoms with van der Waals surface area (Å²) in [5.41, 5.74) is 7.95. The average Bonchev–Trinajstić information content (AvgIpc) is 3.00.